The number of anilines is 2. The Bertz CT molecular complexity index is 730. The first-order valence-electron chi connectivity index (χ1n) is 9.15. The third-order valence-corrected chi connectivity index (χ3v) is 5.37. The van der Waals surface area contributed by atoms with Gasteiger partial charge in [0.05, 0.1) is 12.4 Å². The summed E-state index contributed by atoms with van der Waals surface area (Å²) < 4.78 is 6.19. The highest BCUT2D eigenvalue weighted by atomic mass is 16.5. The third-order valence-electron chi connectivity index (χ3n) is 5.37. The smallest absolute Gasteiger partial charge is 0.234 e. The van der Waals surface area contributed by atoms with Gasteiger partial charge in [0.2, 0.25) is 5.88 Å². The summed E-state index contributed by atoms with van der Waals surface area (Å²) in [6.07, 6.45) is 7.10. The summed E-state index contributed by atoms with van der Waals surface area (Å²) in [5.41, 5.74) is 1.09. The van der Waals surface area contributed by atoms with Crippen molar-refractivity contribution in [1.82, 2.24) is 25.5 Å². The van der Waals surface area contributed by atoms with E-state index in [2.05, 4.69) is 51.6 Å². The van der Waals surface area contributed by atoms with Crippen LogP contribution < -0.4 is 15.4 Å². The first-order valence-corrected chi connectivity index (χ1v) is 9.15. The Labute approximate surface area is 148 Å². The third kappa shape index (κ3) is 3.46. The molecular formula is C18H26N6O. The zero-order valence-corrected chi connectivity index (χ0v) is 15.0. The summed E-state index contributed by atoms with van der Waals surface area (Å²) >= 11 is 0. The second kappa shape index (κ2) is 6.63. The van der Waals surface area contributed by atoms with Crippen molar-refractivity contribution >= 4 is 11.6 Å². The number of rotatable bonds is 5. The molecule has 134 valence electrons. The summed E-state index contributed by atoms with van der Waals surface area (Å²) in [5.74, 6) is 2.84. The highest BCUT2D eigenvalue weighted by Crippen LogP contribution is 2.33. The molecule has 4 rings (SSSR count). The van der Waals surface area contributed by atoms with Crippen LogP contribution in [0, 0.1) is 5.92 Å². The summed E-state index contributed by atoms with van der Waals surface area (Å²) in [6.45, 7) is 6.51. The van der Waals surface area contributed by atoms with Crippen LogP contribution in [-0.2, 0) is 0 Å². The molecule has 2 aliphatic rings. The normalized spacial score (nSPS) is 28.3. The van der Waals surface area contributed by atoms with Crippen LogP contribution in [0.5, 0.6) is 5.88 Å². The van der Waals surface area contributed by atoms with Gasteiger partial charge >= 0.3 is 0 Å². The molecule has 0 radical (unpaired) electrons. The van der Waals surface area contributed by atoms with Gasteiger partial charge in [-0.05, 0) is 25.2 Å². The summed E-state index contributed by atoms with van der Waals surface area (Å²) in [4.78, 5) is 8.81. The first-order chi connectivity index (χ1) is 12.1. The molecule has 2 aromatic heterocycles. The second-order valence-electron chi connectivity index (χ2n) is 7.53. The standard InChI is InChI=1S/C18H26N6O/c1-10(2)14-7-16(24-23-14)21-17-8-19-9-18(22-17)25-15-6-12-4-5-13(20-12)11(15)3/h7-13,15,20H,4-6H2,1-3H3,(H2,21,22,23,24)/t11-,12+,13-,15-/m1/s1. The largest absolute Gasteiger partial charge is 0.473 e. The number of aromatic amines is 1. The van der Waals surface area contributed by atoms with E-state index in [-0.39, 0.29) is 6.10 Å². The van der Waals surface area contributed by atoms with Crippen LogP contribution in [0.15, 0.2) is 18.5 Å². The lowest BCUT2D eigenvalue weighted by atomic mass is 9.91. The van der Waals surface area contributed by atoms with Crippen LogP contribution in [0.4, 0.5) is 11.6 Å². The number of aromatic nitrogens is 4. The van der Waals surface area contributed by atoms with Gasteiger partial charge in [-0.25, -0.2) is 0 Å². The number of hydrogen-bond acceptors (Lipinski definition) is 6. The van der Waals surface area contributed by atoms with Crippen LogP contribution in [-0.4, -0.2) is 38.4 Å². The van der Waals surface area contributed by atoms with Crippen molar-refractivity contribution in [3.05, 3.63) is 24.2 Å². The lowest BCUT2D eigenvalue weighted by molar-refractivity contribution is 0.0788. The van der Waals surface area contributed by atoms with Crippen LogP contribution in [0.1, 0.15) is 51.6 Å². The number of piperidine rings is 1. The average Bonchev–Trinajstić information content (AvgIpc) is 3.21. The average molecular weight is 342 g/mol. The molecule has 0 aliphatic carbocycles. The molecule has 2 bridgehead atoms. The van der Waals surface area contributed by atoms with Gasteiger partial charge in [-0.2, -0.15) is 10.1 Å². The molecule has 2 saturated heterocycles. The summed E-state index contributed by atoms with van der Waals surface area (Å²) in [6, 6.07) is 3.14. The Balaban J connectivity index is 1.44. The highest BCUT2D eigenvalue weighted by molar-refractivity contribution is 5.51. The monoisotopic (exact) mass is 342 g/mol. The number of ether oxygens (including phenoxy) is 1. The van der Waals surface area contributed by atoms with Crippen molar-refractivity contribution in [2.75, 3.05) is 5.32 Å². The molecule has 0 spiro atoms. The predicted molar refractivity (Wildman–Crippen MR) is 96.1 cm³/mol. The van der Waals surface area contributed by atoms with E-state index < -0.39 is 0 Å². The maximum atomic E-state index is 6.19. The second-order valence-corrected chi connectivity index (χ2v) is 7.53. The van der Waals surface area contributed by atoms with Crippen LogP contribution in [0.3, 0.4) is 0 Å². The number of nitrogens with zero attached hydrogens (tertiary/aromatic N) is 3. The van der Waals surface area contributed by atoms with E-state index in [0.29, 0.717) is 35.6 Å². The molecule has 2 aromatic rings. The molecule has 7 heteroatoms. The fourth-order valence-electron chi connectivity index (χ4n) is 3.81. The van der Waals surface area contributed by atoms with Gasteiger partial charge in [-0.3, -0.25) is 10.1 Å². The predicted octanol–water partition coefficient (Wildman–Crippen LogP) is 2.97. The molecule has 0 unspecified atom stereocenters. The summed E-state index contributed by atoms with van der Waals surface area (Å²) in [5, 5.41) is 14.2. The molecule has 2 fully saturated rings. The molecule has 25 heavy (non-hydrogen) atoms. The lowest BCUT2D eigenvalue weighted by Gasteiger charge is -2.35. The Morgan fingerprint density at radius 3 is 2.92 bits per heavy atom. The van der Waals surface area contributed by atoms with Crippen molar-refractivity contribution in [3.8, 4) is 5.88 Å². The van der Waals surface area contributed by atoms with Gasteiger partial charge in [0.25, 0.3) is 0 Å². The number of hydrogen-bond donors (Lipinski definition) is 3. The van der Waals surface area contributed by atoms with E-state index in [9.17, 15) is 0 Å². The SMILES string of the molecule is CC(C)c1cc(Nc2cncc(O[C@@H]3C[C@@H]4CC[C@@H](N4)[C@H]3C)n2)n[nH]1. The summed E-state index contributed by atoms with van der Waals surface area (Å²) in [7, 11) is 0. The minimum absolute atomic E-state index is 0.196. The van der Waals surface area contributed by atoms with Gasteiger partial charge in [-0.1, -0.05) is 20.8 Å². The van der Waals surface area contributed by atoms with Crippen molar-refractivity contribution < 1.29 is 4.74 Å². The molecular weight excluding hydrogens is 316 g/mol. The van der Waals surface area contributed by atoms with E-state index in [1.54, 1.807) is 12.4 Å². The van der Waals surface area contributed by atoms with Crippen LogP contribution in [0.25, 0.3) is 0 Å². The van der Waals surface area contributed by atoms with Gasteiger partial charge in [0.15, 0.2) is 11.6 Å². The molecule has 2 aliphatic heterocycles. The molecule has 0 saturated carbocycles. The number of nitrogens with one attached hydrogen (secondary N) is 3. The van der Waals surface area contributed by atoms with Crippen molar-refractivity contribution in [2.45, 2.75) is 64.1 Å². The topological polar surface area (TPSA) is 87.8 Å². The molecule has 7 nitrogen and oxygen atoms in total. The Morgan fingerprint density at radius 2 is 2.12 bits per heavy atom. The molecule has 4 heterocycles. The molecule has 0 aromatic carbocycles. The van der Waals surface area contributed by atoms with Crippen molar-refractivity contribution in [2.24, 2.45) is 5.92 Å². The Morgan fingerprint density at radius 1 is 1.24 bits per heavy atom. The Kier molecular flexibility index (Phi) is 4.33. The van der Waals surface area contributed by atoms with Crippen LogP contribution >= 0.6 is 0 Å². The first kappa shape index (κ1) is 16.3. The minimum atomic E-state index is 0.196. The fraction of sp³-hybridized carbons (Fsp3) is 0.611. The molecule has 4 atom stereocenters. The zero-order valence-electron chi connectivity index (χ0n) is 15.0. The zero-order chi connectivity index (χ0) is 17.4. The van der Waals surface area contributed by atoms with E-state index in [1.165, 1.54) is 12.8 Å². The minimum Gasteiger partial charge on any atom is -0.473 e. The van der Waals surface area contributed by atoms with Gasteiger partial charge in [-0.15, -0.1) is 0 Å². The van der Waals surface area contributed by atoms with Crippen LogP contribution in [0.2, 0.25) is 0 Å². The van der Waals surface area contributed by atoms with Crippen molar-refractivity contribution in [1.29, 1.82) is 0 Å². The fourth-order valence-corrected chi connectivity index (χ4v) is 3.81. The van der Waals surface area contributed by atoms with E-state index in [4.69, 9.17) is 4.74 Å². The molecule has 3 N–H and O–H groups in total. The van der Waals surface area contributed by atoms with Gasteiger partial charge in [0.1, 0.15) is 6.10 Å². The lowest BCUT2D eigenvalue weighted by Crippen LogP contribution is -2.49. The Hall–Kier alpha value is -2.15. The number of fused-ring (bicyclic) bond motifs is 2. The quantitative estimate of drug-likeness (QED) is 0.774. The van der Waals surface area contributed by atoms with E-state index in [1.807, 2.05) is 6.07 Å². The van der Waals surface area contributed by atoms with Gasteiger partial charge in [0, 0.05) is 29.8 Å². The number of H-pyrrole nitrogens is 1. The molecule has 0 amide bonds. The highest BCUT2D eigenvalue weighted by Gasteiger charge is 2.40. The maximum absolute atomic E-state index is 6.19. The maximum Gasteiger partial charge on any atom is 0.234 e. The van der Waals surface area contributed by atoms with E-state index >= 15 is 0 Å². The van der Waals surface area contributed by atoms with Crippen molar-refractivity contribution in [3.63, 3.8) is 0 Å². The van der Waals surface area contributed by atoms with E-state index in [0.717, 1.165) is 17.9 Å². The van der Waals surface area contributed by atoms with Gasteiger partial charge < -0.3 is 15.4 Å².